The Hall–Kier alpha value is -0.320. The summed E-state index contributed by atoms with van der Waals surface area (Å²) < 4.78 is 1.14. The molecule has 0 aliphatic carbocycles. The molecule has 0 spiro atoms. The van der Waals surface area contributed by atoms with Gasteiger partial charge >= 0.3 is 0 Å². The number of thiophene rings is 1. The second kappa shape index (κ2) is 3.44. The molecule has 4 heteroatoms. The van der Waals surface area contributed by atoms with Crippen LogP contribution in [0.2, 0.25) is 0 Å². The first-order chi connectivity index (χ1) is 6.24. The summed E-state index contributed by atoms with van der Waals surface area (Å²) in [5.74, 6) is 0.323. The number of phenolic OH excluding ortho intramolecular Hbond substituents is 1. The van der Waals surface area contributed by atoms with E-state index in [0.717, 1.165) is 19.9 Å². The highest BCUT2D eigenvalue weighted by atomic mass is 32.2. The molecular formula is C9H8OS3. The second-order valence-corrected chi connectivity index (χ2v) is 4.80. The van der Waals surface area contributed by atoms with E-state index in [9.17, 15) is 5.11 Å². The second-order valence-electron chi connectivity index (χ2n) is 2.62. The molecule has 2 aromatic rings. The summed E-state index contributed by atoms with van der Waals surface area (Å²) in [6.45, 7) is 0. The molecule has 1 heterocycles. The quantitative estimate of drug-likeness (QED) is 0.574. The van der Waals surface area contributed by atoms with Gasteiger partial charge < -0.3 is 5.11 Å². The average Bonchev–Trinajstić information content (AvgIpc) is 2.53. The van der Waals surface area contributed by atoms with Crippen LogP contribution in [0.5, 0.6) is 5.75 Å². The first-order valence-electron chi connectivity index (χ1n) is 3.70. The highest BCUT2D eigenvalue weighted by Gasteiger charge is 2.09. The molecule has 0 aliphatic heterocycles. The topological polar surface area (TPSA) is 20.2 Å². The van der Waals surface area contributed by atoms with Gasteiger partial charge in [-0.05, 0) is 29.2 Å². The summed E-state index contributed by atoms with van der Waals surface area (Å²) in [5.41, 5.74) is 0. The fraction of sp³-hybridized carbons (Fsp3) is 0.111. The summed E-state index contributed by atoms with van der Waals surface area (Å²) in [4.78, 5) is 1.75. The van der Waals surface area contributed by atoms with Crippen LogP contribution >= 0.6 is 35.7 Å². The molecule has 2 rings (SSSR count). The lowest BCUT2D eigenvalue weighted by Gasteiger charge is -2.05. The maximum absolute atomic E-state index is 9.64. The summed E-state index contributed by atoms with van der Waals surface area (Å²) >= 11 is 7.58. The van der Waals surface area contributed by atoms with Gasteiger partial charge in [0.15, 0.2) is 0 Å². The third-order valence-corrected chi connectivity index (χ3v) is 4.37. The van der Waals surface area contributed by atoms with Crippen molar-refractivity contribution in [2.75, 3.05) is 6.26 Å². The van der Waals surface area contributed by atoms with Gasteiger partial charge in [0.05, 0.1) is 4.90 Å². The monoisotopic (exact) mass is 228 g/mol. The molecule has 0 fully saturated rings. The number of phenols is 1. The number of thioether (sulfide) groups is 1. The minimum Gasteiger partial charge on any atom is -0.507 e. The number of benzene rings is 1. The van der Waals surface area contributed by atoms with Crippen molar-refractivity contribution in [1.29, 1.82) is 0 Å². The van der Waals surface area contributed by atoms with Gasteiger partial charge in [0.1, 0.15) is 5.75 Å². The molecule has 0 saturated heterocycles. The molecule has 13 heavy (non-hydrogen) atoms. The number of aromatic hydroxyl groups is 1. The van der Waals surface area contributed by atoms with Crippen molar-refractivity contribution >= 4 is 45.8 Å². The Morgan fingerprint density at radius 1 is 1.54 bits per heavy atom. The van der Waals surface area contributed by atoms with E-state index in [1.165, 1.54) is 11.8 Å². The van der Waals surface area contributed by atoms with Crippen LogP contribution in [0.25, 0.3) is 10.1 Å². The molecule has 0 aliphatic rings. The molecule has 0 radical (unpaired) electrons. The Labute approximate surface area is 90.2 Å². The van der Waals surface area contributed by atoms with E-state index in [1.807, 2.05) is 17.7 Å². The van der Waals surface area contributed by atoms with Gasteiger partial charge in [-0.15, -0.1) is 35.7 Å². The normalized spacial score (nSPS) is 10.9. The Bertz CT molecular complexity index is 447. The fourth-order valence-electron chi connectivity index (χ4n) is 1.26. The zero-order chi connectivity index (χ0) is 9.42. The zero-order valence-electron chi connectivity index (χ0n) is 6.94. The predicted molar refractivity (Wildman–Crippen MR) is 62.5 cm³/mol. The first kappa shape index (κ1) is 9.24. The van der Waals surface area contributed by atoms with Crippen LogP contribution < -0.4 is 0 Å². The molecule has 1 aromatic carbocycles. The number of thiol groups is 1. The third kappa shape index (κ3) is 1.43. The van der Waals surface area contributed by atoms with Gasteiger partial charge in [-0.25, -0.2) is 0 Å². The van der Waals surface area contributed by atoms with E-state index < -0.39 is 0 Å². The molecule has 0 unspecified atom stereocenters. The summed E-state index contributed by atoms with van der Waals surface area (Å²) in [5, 5.41) is 12.7. The summed E-state index contributed by atoms with van der Waals surface area (Å²) in [7, 11) is 0. The van der Waals surface area contributed by atoms with Crippen LogP contribution in [0.3, 0.4) is 0 Å². The zero-order valence-corrected chi connectivity index (χ0v) is 9.47. The minimum atomic E-state index is 0.323. The molecule has 0 atom stereocenters. The van der Waals surface area contributed by atoms with Gasteiger partial charge in [-0.2, -0.15) is 0 Å². The SMILES string of the molecule is CSc1c(O)cc2ccsc2c1S. The number of rotatable bonds is 1. The fourth-order valence-corrected chi connectivity index (χ4v) is 3.39. The highest BCUT2D eigenvalue weighted by Crippen LogP contribution is 2.40. The highest BCUT2D eigenvalue weighted by molar-refractivity contribution is 7.99. The lowest BCUT2D eigenvalue weighted by atomic mass is 10.2. The van der Waals surface area contributed by atoms with Crippen LogP contribution in [-0.2, 0) is 0 Å². The Balaban J connectivity index is 2.85. The first-order valence-corrected chi connectivity index (χ1v) is 6.25. The molecule has 1 nitrogen and oxygen atoms in total. The van der Waals surface area contributed by atoms with Gasteiger partial charge in [-0.1, -0.05) is 0 Å². The van der Waals surface area contributed by atoms with Crippen LogP contribution in [0, 0.1) is 0 Å². The Morgan fingerprint density at radius 2 is 2.31 bits per heavy atom. The minimum absolute atomic E-state index is 0.323. The molecular weight excluding hydrogens is 220 g/mol. The maximum Gasteiger partial charge on any atom is 0.130 e. The summed E-state index contributed by atoms with van der Waals surface area (Å²) in [6.07, 6.45) is 1.94. The van der Waals surface area contributed by atoms with Gasteiger partial charge in [0.2, 0.25) is 0 Å². The number of fused-ring (bicyclic) bond motifs is 1. The van der Waals surface area contributed by atoms with Crippen LogP contribution in [0.1, 0.15) is 0 Å². The molecule has 0 amide bonds. The number of hydrogen-bond donors (Lipinski definition) is 2. The summed E-state index contributed by atoms with van der Waals surface area (Å²) in [6, 6.07) is 3.78. The van der Waals surface area contributed by atoms with Crippen LogP contribution in [0.4, 0.5) is 0 Å². The molecule has 1 aromatic heterocycles. The lowest BCUT2D eigenvalue weighted by Crippen LogP contribution is -1.76. The van der Waals surface area contributed by atoms with E-state index in [4.69, 9.17) is 0 Å². The van der Waals surface area contributed by atoms with E-state index in [0.29, 0.717) is 5.75 Å². The Kier molecular flexibility index (Phi) is 2.45. The van der Waals surface area contributed by atoms with Crippen molar-refractivity contribution in [1.82, 2.24) is 0 Å². The largest absolute Gasteiger partial charge is 0.507 e. The van der Waals surface area contributed by atoms with Gasteiger partial charge in [0, 0.05) is 9.60 Å². The lowest BCUT2D eigenvalue weighted by molar-refractivity contribution is 0.461. The van der Waals surface area contributed by atoms with Crippen molar-refractivity contribution in [2.24, 2.45) is 0 Å². The Morgan fingerprint density at radius 3 is 3.00 bits per heavy atom. The van der Waals surface area contributed by atoms with Crippen LogP contribution in [-0.4, -0.2) is 11.4 Å². The van der Waals surface area contributed by atoms with Crippen molar-refractivity contribution < 1.29 is 5.11 Å². The smallest absolute Gasteiger partial charge is 0.130 e. The van der Waals surface area contributed by atoms with E-state index in [2.05, 4.69) is 12.6 Å². The number of hydrogen-bond acceptors (Lipinski definition) is 4. The van der Waals surface area contributed by atoms with Crippen molar-refractivity contribution in [3.63, 3.8) is 0 Å². The predicted octanol–water partition coefficient (Wildman–Crippen LogP) is 3.62. The van der Waals surface area contributed by atoms with E-state index in [-0.39, 0.29) is 0 Å². The van der Waals surface area contributed by atoms with Gasteiger partial charge in [0.25, 0.3) is 0 Å². The molecule has 1 N–H and O–H groups in total. The average molecular weight is 228 g/mol. The standard InChI is InChI=1S/C9H8OS3/c1-12-9-6(10)4-5-2-3-13-8(5)7(9)11/h2-4,10-11H,1H3. The molecule has 0 bridgehead atoms. The molecule has 0 saturated carbocycles. The van der Waals surface area contributed by atoms with E-state index in [1.54, 1.807) is 17.4 Å². The van der Waals surface area contributed by atoms with Crippen molar-refractivity contribution in [2.45, 2.75) is 9.79 Å². The van der Waals surface area contributed by atoms with Crippen LogP contribution in [0.15, 0.2) is 27.3 Å². The maximum atomic E-state index is 9.64. The van der Waals surface area contributed by atoms with Gasteiger partial charge in [-0.3, -0.25) is 0 Å². The third-order valence-electron chi connectivity index (χ3n) is 1.85. The van der Waals surface area contributed by atoms with Crippen molar-refractivity contribution in [3.8, 4) is 5.75 Å². The van der Waals surface area contributed by atoms with Crippen molar-refractivity contribution in [3.05, 3.63) is 17.5 Å². The molecule has 68 valence electrons. The van der Waals surface area contributed by atoms with E-state index >= 15 is 0 Å².